The van der Waals surface area contributed by atoms with Crippen LogP contribution in [0, 0.1) is 5.92 Å². The Kier molecular flexibility index (Phi) is 6.81. The fourth-order valence-electron chi connectivity index (χ4n) is 4.00. The van der Waals surface area contributed by atoms with Crippen LogP contribution in [0.2, 0.25) is 0 Å². The number of nitrogens with zero attached hydrogens (tertiary/aromatic N) is 2. The van der Waals surface area contributed by atoms with E-state index in [2.05, 4.69) is 25.8 Å². The number of halogens is 3. The van der Waals surface area contributed by atoms with Gasteiger partial charge in [-0.1, -0.05) is 0 Å². The molecule has 2 aromatic rings. The van der Waals surface area contributed by atoms with Gasteiger partial charge in [0, 0.05) is 35.6 Å². The van der Waals surface area contributed by atoms with Gasteiger partial charge in [0.05, 0.1) is 12.0 Å². The lowest BCUT2D eigenvalue weighted by Gasteiger charge is -2.16. The molecule has 1 fully saturated rings. The molecular weight excluding hydrogens is 415 g/mol. The summed E-state index contributed by atoms with van der Waals surface area (Å²) in [5.74, 6) is 0.565. The molecule has 1 aliphatic carbocycles. The van der Waals surface area contributed by atoms with Gasteiger partial charge in [-0.15, -0.1) is 0 Å². The predicted molar refractivity (Wildman–Crippen MR) is 105 cm³/mol. The molecule has 2 aromatic heterocycles. The van der Waals surface area contributed by atoms with Gasteiger partial charge >= 0.3 is 12.3 Å². The molecule has 4 N–H and O–H groups in total. The maximum absolute atomic E-state index is 12.6. The van der Waals surface area contributed by atoms with Crippen LogP contribution < -0.4 is 10.6 Å². The fourth-order valence-corrected chi connectivity index (χ4v) is 4.00. The Bertz CT molecular complexity index is 914. The second-order valence-electron chi connectivity index (χ2n) is 7.93. The lowest BCUT2D eigenvalue weighted by atomic mass is 9.96. The van der Waals surface area contributed by atoms with Gasteiger partial charge < -0.3 is 15.7 Å². The Hall–Kier alpha value is -3.11. The first kappa shape index (κ1) is 22.6. The van der Waals surface area contributed by atoms with Crippen LogP contribution in [0.3, 0.4) is 0 Å². The van der Waals surface area contributed by atoms with Gasteiger partial charge in [0.25, 0.3) is 0 Å². The highest BCUT2D eigenvalue weighted by molar-refractivity contribution is 5.91. The Morgan fingerprint density at radius 3 is 2.74 bits per heavy atom. The minimum atomic E-state index is -4.47. The fraction of sp³-hybridized carbons (Fsp3) is 0.500. The molecule has 31 heavy (non-hydrogen) atoms. The smallest absolute Gasteiger partial charge is 0.417 e. The number of hydrogen-bond acceptors (Lipinski definition) is 4. The molecule has 0 saturated heterocycles. The summed E-state index contributed by atoms with van der Waals surface area (Å²) in [6.45, 7) is 1.84. The minimum absolute atomic E-state index is 0.114. The van der Waals surface area contributed by atoms with Crippen molar-refractivity contribution in [3.05, 3.63) is 41.3 Å². The number of carbonyl (C=O) groups is 2. The van der Waals surface area contributed by atoms with Gasteiger partial charge in [-0.3, -0.25) is 14.9 Å². The Balaban J connectivity index is 1.49. The van der Waals surface area contributed by atoms with Gasteiger partial charge in [0.2, 0.25) is 5.91 Å². The molecule has 8 nitrogen and oxygen atoms in total. The zero-order valence-electron chi connectivity index (χ0n) is 16.9. The van der Waals surface area contributed by atoms with Crippen LogP contribution in [0.15, 0.2) is 24.4 Å². The average Bonchev–Trinajstić information content (AvgIpc) is 3.30. The first-order chi connectivity index (χ1) is 14.6. The van der Waals surface area contributed by atoms with E-state index in [0.29, 0.717) is 17.9 Å². The van der Waals surface area contributed by atoms with Crippen molar-refractivity contribution in [2.45, 2.75) is 57.2 Å². The van der Waals surface area contributed by atoms with E-state index < -0.39 is 23.7 Å². The number of rotatable bonds is 7. The van der Waals surface area contributed by atoms with Crippen LogP contribution >= 0.6 is 0 Å². The van der Waals surface area contributed by atoms with Crippen molar-refractivity contribution >= 4 is 17.8 Å². The second-order valence-corrected chi connectivity index (χ2v) is 7.93. The number of hydrogen-bond donors (Lipinski definition) is 4. The second kappa shape index (κ2) is 9.36. The first-order valence-corrected chi connectivity index (χ1v) is 9.97. The van der Waals surface area contributed by atoms with Crippen LogP contribution in [0.4, 0.5) is 23.8 Å². The largest absolute Gasteiger partial charge is 0.465 e. The molecule has 1 saturated carbocycles. The highest BCUT2D eigenvalue weighted by Crippen LogP contribution is 2.40. The molecule has 0 radical (unpaired) electrons. The number of nitrogens with one attached hydrogen (secondary N) is 3. The Morgan fingerprint density at radius 1 is 1.32 bits per heavy atom. The van der Waals surface area contributed by atoms with Crippen molar-refractivity contribution in [3.63, 3.8) is 0 Å². The number of aromatic nitrogens is 3. The quantitative estimate of drug-likeness (QED) is 0.521. The Morgan fingerprint density at radius 2 is 2.10 bits per heavy atom. The van der Waals surface area contributed by atoms with Crippen molar-refractivity contribution in [2.24, 2.45) is 5.92 Å². The maximum Gasteiger partial charge on any atom is 0.417 e. The van der Waals surface area contributed by atoms with Crippen molar-refractivity contribution < 1.29 is 27.9 Å². The molecule has 1 unspecified atom stereocenters. The molecule has 3 rings (SSSR count). The third kappa shape index (κ3) is 6.43. The number of pyridine rings is 1. The van der Waals surface area contributed by atoms with Crippen LogP contribution in [-0.2, 0) is 17.4 Å². The number of amides is 2. The van der Waals surface area contributed by atoms with Crippen molar-refractivity contribution in [2.75, 3.05) is 5.32 Å². The van der Waals surface area contributed by atoms with Crippen LogP contribution in [0.1, 0.15) is 55.5 Å². The van der Waals surface area contributed by atoms with E-state index >= 15 is 0 Å². The lowest BCUT2D eigenvalue weighted by Crippen LogP contribution is -2.32. The third-order valence-corrected chi connectivity index (χ3v) is 5.40. The van der Waals surface area contributed by atoms with E-state index in [1.165, 1.54) is 6.07 Å². The maximum atomic E-state index is 12.6. The predicted octanol–water partition coefficient (Wildman–Crippen LogP) is 3.93. The van der Waals surface area contributed by atoms with Gasteiger partial charge in [0.1, 0.15) is 0 Å². The number of carbonyl (C=O) groups excluding carboxylic acids is 1. The molecule has 0 spiro atoms. The van der Waals surface area contributed by atoms with Crippen molar-refractivity contribution in [1.82, 2.24) is 20.5 Å². The van der Waals surface area contributed by atoms with E-state index in [-0.39, 0.29) is 24.1 Å². The molecule has 11 heteroatoms. The van der Waals surface area contributed by atoms with E-state index in [1.807, 2.05) is 6.92 Å². The summed E-state index contributed by atoms with van der Waals surface area (Å²) in [4.78, 5) is 26.6. The number of aromatic amines is 1. The van der Waals surface area contributed by atoms with Crippen molar-refractivity contribution in [1.29, 1.82) is 0 Å². The van der Waals surface area contributed by atoms with Gasteiger partial charge in [-0.05, 0) is 50.7 Å². The zero-order chi connectivity index (χ0) is 22.6. The average molecular weight is 439 g/mol. The number of anilines is 1. The molecular formula is C20H24F3N5O3. The normalized spacial score (nSPS) is 19.7. The van der Waals surface area contributed by atoms with Crippen molar-refractivity contribution in [3.8, 4) is 0 Å². The lowest BCUT2D eigenvalue weighted by molar-refractivity contribution is -0.137. The van der Waals surface area contributed by atoms with Gasteiger partial charge in [0.15, 0.2) is 5.82 Å². The summed E-state index contributed by atoms with van der Waals surface area (Å²) >= 11 is 0. The SMILES string of the molecule is CC(C[C@@H]1CC[C@H](c2cc(NC(=O)Cc3ccc(C(F)(F)F)cn3)n[nH]2)C1)NC(=O)O. The zero-order valence-corrected chi connectivity index (χ0v) is 16.9. The molecule has 3 atom stereocenters. The van der Waals surface area contributed by atoms with E-state index in [0.717, 1.165) is 37.4 Å². The summed E-state index contributed by atoms with van der Waals surface area (Å²) in [6, 6.07) is 3.71. The first-order valence-electron chi connectivity index (χ1n) is 9.97. The van der Waals surface area contributed by atoms with E-state index in [9.17, 15) is 22.8 Å². The summed E-state index contributed by atoms with van der Waals surface area (Å²) in [5, 5.41) is 20.9. The molecule has 168 valence electrons. The summed E-state index contributed by atoms with van der Waals surface area (Å²) < 4.78 is 37.7. The molecule has 2 amide bonds. The monoisotopic (exact) mass is 439 g/mol. The van der Waals surface area contributed by atoms with E-state index in [4.69, 9.17) is 5.11 Å². The van der Waals surface area contributed by atoms with Crippen LogP contribution in [0.5, 0.6) is 0 Å². The molecule has 1 aliphatic rings. The summed E-state index contributed by atoms with van der Waals surface area (Å²) in [6.07, 6.45) is -1.37. The van der Waals surface area contributed by atoms with Gasteiger partial charge in [-0.25, -0.2) is 4.79 Å². The van der Waals surface area contributed by atoms with Crippen LogP contribution in [0.25, 0.3) is 0 Å². The molecule has 0 aliphatic heterocycles. The molecule has 2 heterocycles. The number of H-pyrrole nitrogens is 1. The Labute approximate surface area is 176 Å². The topological polar surface area (TPSA) is 120 Å². The van der Waals surface area contributed by atoms with Crippen LogP contribution in [-0.4, -0.2) is 38.3 Å². The molecule has 0 bridgehead atoms. The number of carboxylic acid groups (broad SMARTS) is 1. The summed E-state index contributed by atoms with van der Waals surface area (Å²) in [7, 11) is 0. The third-order valence-electron chi connectivity index (χ3n) is 5.40. The molecule has 0 aromatic carbocycles. The van der Waals surface area contributed by atoms with Gasteiger partial charge in [-0.2, -0.15) is 18.3 Å². The number of alkyl halides is 3. The highest BCUT2D eigenvalue weighted by atomic mass is 19.4. The standard InChI is InChI=1S/C20H24F3N5O3/c1-11(25-19(30)31)6-12-2-3-13(7-12)16-9-17(28-27-16)26-18(29)8-15-5-4-14(10-24-15)20(21,22)23/h4-5,9-13,25H,2-3,6-8H2,1H3,(H,30,31)(H2,26,27,28,29)/t11?,12-,13-/m0/s1. The van der Waals surface area contributed by atoms with E-state index in [1.54, 1.807) is 6.07 Å². The minimum Gasteiger partial charge on any atom is -0.465 e. The highest BCUT2D eigenvalue weighted by Gasteiger charge is 2.31. The summed E-state index contributed by atoms with van der Waals surface area (Å²) in [5.41, 5.74) is 0.255.